The van der Waals surface area contributed by atoms with E-state index in [1.165, 1.54) is 11.3 Å². The highest BCUT2D eigenvalue weighted by Crippen LogP contribution is 2.27. The summed E-state index contributed by atoms with van der Waals surface area (Å²) >= 11 is 4.84. The van der Waals surface area contributed by atoms with E-state index in [2.05, 4.69) is 36.5 Å². The van der Waals surface area contributed by atoms with Gasteiger partial charge in [-0.3, -0.25) is 4.79 Å². The Balaban J connectivity index is 1.51. The number of fused-ring (bicyclic) bond motifs is 1. The topological polar surface area (TPSA) is 81.4 Å². The van der Waals surface area contributed by atoms with Crippen molar-refractivity contribution in [1.29, 1.82) is 0 Å². The third-order valence-electron chi connectivity index (χ3n) is 3.69. The van der Waals surface area contributed by atoms with Crippen molar-refractivity contribution in [3.05, 3.63) is 58.8 Å². The van der Waals surface area contributed by atoms with Gasteiger partial charge in [0.15, 0.2) is 0 Å². The summed E-state index contributed by atoms with van der Waals surface area (Å²) in [6.07, 6.45) is 1.57. The third-order valence-corrected chi connectivity index (χ3v) is 5.27. The van der Waals surface area contributed by atoms with Crippen LogP contribution in [0.3, 0.4) is 0 Å². The number of hydrogen-bond donors (Lipinski definition) is 1. The lowest BCUT2D eigenvalue weighted by Gasteiger charge is -2.08. The number of amides is 1. The largest absolute Gasteiger partial charge is 0.496 e. The van der Waals surface area contributed by atoms with Gasteiger partial charge in [-0.25, -0.2) is 0 Å². The smallest absolute Gasteiger partial charge is 0.255 e. The van der Waals surface area contributed by atoms with E-state index in [1.807, 2.05) is 24.3 Å². The molecule has 130 valence electrons. The summed E-state index contributed by atoms with van der Waals surface area (Å²) in [5.41, 5.74) is 2.19. The summed E-state index contributed by atoms with van der Waals surface area (Å²) in [7, 11) is 1.58. The molecule has 0 unspecified atom stereocenters. The number of nitrogens with zero attached hydrogens (tertiary/aromatic N) is 4. The summed E-state index contributed by atoms with van der Waals surface area (Å²) in [5.74, 6) is 0.482. The average Bonchev–Trinajstić information content (AvgIpc) is 3.24. The number of hydrogen-bond acceptors (Lipinski definition) is 6. The molecule has 0 atom stereocenters. The van der Waals surface area contributed by atoms with Gasteiger partial charge >= 0.3 is 0 Å². The van der Waals surface area contributed by atoms with Crippen molar-refractivity contribution < 1.29 is 9.53 Å². The van der Waals surface area contributed by atoms with Crippen LogP contribution in [0, 0.1) is 0 Å². The molecule has 0 saturated heterocycles. The highest BCUT2D eigenvalue weighted by Gasteiger charge is 2.11. The van der Waals surface area contributed by atoms with Crippen molar-refractivity contribution in [1.82, 2.24) is 19.8 Å². The Kier molecular flexibility index (Phi) is 4.39. The van der Waals surface area contributed by atoms with Crippen molar-refractivity contribution in [2.45, 2.75) is 0 Å². The number of aromatic nitrogens is 4. The van der Waals surface area contributed by atoms with Crippen molar-refractivity contribution in [3.63, 3.8) is 0 Å². The minimum Gasteiger partial charge on any atom is -0.496 e. The summed E-state index contributed by atoms with van der Waals surface area (Å²) in [6.45, 7) is 0. The lowest BCUT2D eigenvalue weighted by molar-refractivity contribution is 0.102. The second-order valence-corrected chi connectivity index (χ2v) is 7.16. The summed E-state index contributed by atoms with van der Waals surface area (Å²) in [4.78, 5) is 13.1. The summed E-state index contributed by atoms with van der Waals surface area (Å²) in [5, 5.41) is 15.9. The van der Waals surface area contributed by atoms with E-state index in [9.17, 15) is 4.79 Å². The minimum absolute atomic E-state index is 0.195. The molecule has 0 spiro atoms. The fraction of sp³-hybridized carbons (Fsp3) is 0.0588. The molecule has 1 amide bonds. The molecule has 0 radical (unpaired) electrons. The highest BCUT2D eigenvalue weighted by atomic mass is 79.9. The van der Waals surface area contributed by atoms with Crippen LogP contribution in [0.4, 0.5) is 5.69 Å². The Hall–Kier alpha value is -2.78. The first-order valence-corrected chi connectivity index (χ1v) is 9.17. The molecule has 2 heterocycles. The number of methoxy groups -OCH3 is 1. The van der Waals surface area contributed by atoms with Crippen LogP contribution < -0.4 is 10.1 Å². The molecule has 4 aromatic rings. The number of nitrogens with one attached hydrogen (secondary N) is 1. The molecule has 4 rings (SSSR count). The number of ether oxygens (including phenoxy) is 1. The monoisotopic (exact) mass is 429 g/mol. The molecule has 2 aromatic carbocycles. The molecule has 7 nitrogen and oxygen atoms in total. The molecule has 0 bridgehead atoms. The van der Waals surface area contributed by atoms with E-state index in [4.69, 9.17) is 4.74 Å². The molecule has 0 aliphatic carbocycles. The van der Waals surface area contributed by atoms with Crippen LogP contribution >= 0.6 is 27.3 Å². The second-order valence-electron chi connectivity index (χ2n) is 5.35. The fourth-order valence-corrected chi connectivity index (χ4v) is 3.75. The van der Waals surface area contributed by atoms with Crippen LogP contribution in [0.2, 0.25) is 0 Å². The molecule has 0 aliphatic rings. The zero-order chi connectivity index (χ0) is 18.1. The van der Waals surface area contributed by atoms with Crippen molar-refractivity contribution in [2.24, 2.45) is 0 Å². The van der Waals surface area contributed by atoms with Crippen LogP contribution in [0.1, 0.15) is 10.4 Å². The zero-order valence-corrected chi connectivity index (χ0v) is 15.9. The predicted molar refractivity (Wildman–Crippen MR) is 103 cm³/mol. The van der Waals surface area contributed by atoms with Gasteiger partial charge in [-0.1, -0.05) is 11.3 Å². The lowest BCUT2D eigenvalue weighted by atomic mass is 10.2. The number of carbonyl (C=O) groups is 1. The molecule has 1 N–H and O–H groups in total. The number of anilines is 1. The molecule has 2 aromatic heterocycles. The maximum Gasteiger partial charge on any atom is 0.255 e. The zero-order valence-electron chi connectivity index (χ0n) is 13.5. The van der Waals surface area contributed by atoms with Crippen LogP contribution in [-0.4, -0.2) is 32.8 Å². The van der Waals surface area contributed by atoms with Crippen molar-refractivity contribution >= 4 is 43.8 Å². The second kappa shape index (κ2) is 6.85. The van der Waals surface area contributed by atoms with Crippen LogP contribution in [0.5, 0.6) is 5.75 Å². The predicted octanol–water partition coefficient (Wildman–Crippen LogP) is 3.88. The minimum atomic E-state index is -0.195. The Morgan fingerprint density at radius 3 is 2.73 bits per heavy atom. The van der Waals surface area contributed by atoms with Gasteiger partial charge in [0, 0.05) is 16.8 Å². The quantitative estimate of drug-likeness (QED) is 0.532. The molecule has 26 heavy (non-hydrogen) atoms. The highest BCUT2D eigenvalue weighted by molar-refractivity contribution is 9.10. The van der Waals surface area contributed by atoms with Gasteiger partial charge in [0.2, 0.25) is 4.96 Å². The number of rotatable bonds is 4. The summed E-state index contributed by atoms with van der Waals surface area (Å²) < 4.78 is 7.54. The summed E-state index contributed by atoms with van der Waals surface area (Å²) in [6, 6.07) is 12.7. The van der Waals surface area contributed by atoms with Gasteiger partial charge in [-0.2, -0.15) is 9.61 Å². The number of carbonyl (C=O) groups excluding carboxylic acids is 1. The molecule has 0 fully saturated rings. The van der Waals surface area contributed by atoms with Gasteiger partial charge in [0.25, 0.3) is 5.91 Å². The lowest BCUT2D eigenvalue weighted by Crippen LogP contribution is -2.11. The fourth-order valence-electron chi connectivity index (χ4n) is 2.38. The molecule has 9 heteroatoms. The van der Waals surface area contributed by atoms with Crippen molar-refractivity contribution in [3.8, 4) is 16.3 Å². The molecular weight excluding hydrogens is 418 g/mol. The van der Waals surface area contributed by atoms with Crippen LogP contribution in [0.25, 0.3) is 15.5 Å². The first-order chi connectivity index (χ1) is 12.6. The van der Waals surface area contributed by atoms with E-state index in [-0.39, 0.29) is 5.91 Å². The van der Waals surface area contributed by atoms with E-state index in [0.29, 0.717) is 17.0 Å². The third kappa shape index (κ3) is 3.18. The van der Waals surface area contributed by atoms with E-state index in [1.54, 1.807) is 36.2 Å². The number of halogens is 1. The van der Waals surface area contributed by atoms with E-state index >= 15 is 0 Å². The first-order valence-electron chi connectivity index (χ1n) is 7.56. The molecule has 0 saturated carbocycles. The van der Waals surface area contributed by atoms with Crippen LogP contribution in [0.15, 0.2) is 53.3 Å². The van der Waals surface area contributed by atoms with Gasteiger partial charge in [0.1, 0.15) is 17.1 Å². The Morgan fingerprint density at radius 2 is 2.04 bits per heavy atom. The standard InChI is InChI=1S/C17H12BrN5O2S/c1-25-14-7-4-11(8-13(14)18)15(24)20-12-5-2-10(3-6-12)16-22-23-9-19-21-17(23)26-16/h2-9H,1H3,(H,20,24). The van der Waals surface area contributed by atoms with Gasteiger partial charge < -0.3 is 10.1 Å². The normalized spacial score (nSPS) is 10.8. The van der Waals surface area contributed by atoms with Gasteiger partial charge in [-0.15, -0.1) is 10.2 Å². The Bertz CT molecular complexity index is 1060. The maximum absolute atomic E-state index is 12.4. The molecule has 0 aliphatic heterocycles. The SMILES string of the molecule is COc1ccc(C(=O)Nc2ccc(-c3nn4cnnc4s3)cc2)cc1Br. The Labute approximate surface area is 160 Å². The Morgan fingerprint density at radius 1 is 1.23 bits per heavy atom. The van der Waals surface area contributed by atoms with Crippen molar-refractivity contribution in [2.75, 3.05) is 12.4 Å². The molecular formula is C17H12BrN5O2S. The van der Waals surface area contributed by atoms with Gasteiger partial charge in [-0.05, 0) is 58.4 Å². The maximum atomic E-state index is 12.4. The number of benzene rings is 2. The van der Waals surface area contributed by atoms with E-state index in [0.717, 1.165) is 20.0 Å². The van der Waals surface area contributed by atoms with Gasteiger partial charge in [0.05, 0.1) is 11.6 Å². The van der Waals surface area contributed by atoms with E-state index < -0.39 is 0 Å². The average molecular weight is 430 g/mol. The first kappa shape index (κ1) is 16.7. The van der Waals surface area contributed by atoms with Crippen LogP contribution in [-0.2, 0) is 0 Å².